The zero-order valence-corrected chi connectivity index (χ0v) is 15.9. The molecule has 1 atom stereocenters. The second-order valence-corrected chi connectivity index (χ2v) is 7.78. The second kappa shape index (κ2) is 8.93. The van der Waals surface area contributed by atoms with E-state index >= 15 is 0 Å². The Balaban J connectivity index is 1.99. The van der Waals surface area contributed by atoms with Crippen LogP contribution >= 0.6 is 0 Å². The highest BCUT2D eigenvalue weighted by Gasteiger charge is 2.18. The topological polar surface area (TPSA) is 81.7 Å². The number of methoxy groups -OCH3 is 1. The maximum absolute atomic E-state index is 12.3. The first-order valence-corrected chi connectivity index (χ1v) is 9.64. The van der Waals surface area contributed by atoms with Crippen LogP contribution in [0.25, 0.3) is 0 Å². The van der Waals surface area contributed by atoms with E-state index in [1.807, 2.05) is 31.2 Å². The summed E-state index contributed by atoms with van der Waals surface area (Å²) < 4.78 is 37.2. The highest BCUT2D eigenvalue weighted by Crippen LogP contribution is 2.13. The van der Waals surface area contributed by atoms with Crippen LogP contribution < -0.4 is 4.72 Å². The van der Waals surface area contributed by atoms with Gasteiger partial charge in [-0.05, 0) is 43.7 Å². The summed E-state index contributed by atoms with van der Waals surface area (Å²) >= 11 is 0. The Morgan fingerprint density at radius 3 is 2.27 bits per heavy atom. The Hall–Kier alpha value is -2.22. The van der Waals surface area contributed by atoms with Crippen molar-refractivity contribution in [3.05, 3.63) is 65.2 Å². The van der Waals surface area contributed by atoms with Crippen LogP contribution in [0.1, 0.15) is 28.4 Å². The van der Waals surface area contributed by atoms with E-state index in [2.05, 4.69) is 4.72 Å². The summed E-state index contributed by atoms with van der Waals surface area (Å²) in [4.78, 5) is 12.2. The first kappa shape index (κ1) is 20.1. The van der Waals surface area contributed by atoms with Crippen molar-refractivity contribution >= 4 is 16.0 Å². The van der Waals surface area contributed by atoms with Gasteiger partial charge in [-0.2, -0.15) is 0 Å². The number of rotatable bonds is 8. The molecule has 0 spiro atoms. The summed E-state index contributed by atoms with van der Waals surface area (Å²) in [5.74, 6) is -0.504. The van der Waals surface area contributed by atoms with Crippen LogP contribution in [-0.2, 0) is 26.1 Å². The molecular formula is C19H23NO5S. The third-order valence-electron chi connectivity index (χ3n) is 3.66. The highest BCUT2D eigenvalue weighted by molar-refractivity contribution is 7.89. The number of nitrogens with one attached hydrogen (secondary N) is 1. The molecule has 2 rings (SSSR count). The fourth-order valence-electron chi connectivity index (χ4n) is 2.30. The Morgan fingerprint density at radius 2 is 1.69 bits per heavy atom. The third kappa shape index (κ3) is 5.66. The van der Waals surface area contributed by atoms with Gasteiger partial charge in [-0.15, -0.1) is 0 Å². The molecule has 26 heavy (non-hydrogen) atoms. The number of aryl methyl sites for hydroxylation is 1. The SMILES string of the molecule is COC[C@H](C)NS(=O)(=O)c1ccc(C(=O)OCc2ccc(C)cc2)cc1. The standard InChI is InChI=1S/C19H23NO5S/c1-14-4-6-16(7-5-14)13-25-19(21)17-8-10-18(11-9-17)26(22,23)20-15(2)12-24-3/h4-11,15,20H,12-13H2,1-3H3/t15-/m0/s1. The summed E-state index contributed by atoms with van der Waals surface area (Å²) in [5, 5.41) is 0. The average molecular weight is 377 g/mol. The molecule has 6 nitrogen and oxygen atoms in total. The Morgan fingerprint density at radius 1 is 1.08 bits per heavy atom. The van der Waals surface area contributed by atoms with Crippen LogP contribution in [0.15, 0.2) is 53.4 Å². The van der Waals surface area contributed by atoms with Gasteiger partial charge in [0.05, 0.1) is 17.1 Å². The molecule has 140 valence electrons. The van der Waals surface area contributed by atoms with Crippen molar-refractivity contribution in [3.8, 4) is 0 Å². The first-order chi connectivity index (χ1) is 12.3. The summed E-state index contributed by atoms with van der Waals surface area (Å²) in [6.07, 6.45) is 0. The van der Waals surface area contributed by atoms with Gasteiger partial charge < -0.3 is 9.47 Å². The highest BCUT2D eigenvalue weighted by atomic mass is 32.2. The number of hydrogen-bond donors (Lipinski definition) is 1. The molecule has 0 saturated carbocycles. The number of carbonyl (C=O) groups excluding carboxylic acids is 1. The van der Waals surface area contributed by atoms with Crippen molar-refractivity contribution in [2.75, 3.05) is 13.7 Å². The van der Waals surface area contributed by atoms with Gasteiger partial charge in [-0.25, -0.2) is 17.9 Å². The lowest BCUT2D eigenvalue weighted by Crippen LogP contribution is -2.35. The lowest BCUT2D eigenvalue weighted by Gasteiger charge is -2.13. The average Bonchev–Trinajstić information content (AvgIpc) is 2.61. The van der Waals surface area contributed by atoms with Crippen LogP contribution in [0, 0.1) is 6.92 Å². The number of carbonyl (C=O) groups is 1. The Labute approximate surface area is 154 Å². The molecule has 0 amide bonds. The van der Waals surface area contributed by atoms with Gasteiger partial charge in [0, 0.05) is 13.2 Å². The van der Waals surface area contributed by atoms with E-state index in [9.17, 15) is 13.2 Å². The fraction of sp³-hybridized carbons (Fsp3) is 0.316. The fourth-order valence-corrected chi connectivity index (χ4v) is 3.53. The summed E-state index contributed by atoms with van der Waals surface area (Å²) in [5.41, 5.74) is 2.31. The molecule has 0 aliphatic heterocycles. The smallest absolute Gasteiger partial charge is 0.338 e. The quantitative estimate of drug-likeness (QED) is 0.715. The van der Waals surface area contributed by atoms with E-state index in [4.69, 9.17) is 9.47 Å². The maximum atomic E-state index is 12.3. The van der Waals surface area contributed by atoms with Gasteiger partial charge in [0.25, 0.3) is 0 Å². The number of sulfonamides is 1. The normalized spacial score (nSPS) is 12.6. The van der Waals surface area contributed by atoms with E-state index in [1.165, 1.54) is 31.4 Å². The van der Waals surface area contributed by atoms with Crippen molar-refractivity contribution in [2.24, 2.45) is 0 Å². The zero-order valence-electron chi connectivity index (χ0n) is 15.1. The lowest BCUT2D eigenvalue weighted by atomic mass is 10.2. The lowest BCUT2D eigenvalue weighted by molar-refractivity contribution is 0.0472. The Bertz CT molecular complexity index is 829. The van der Waals surface area contributed by atoms with Gasteiger partial charge in [0.15, 0.2) is 0 Å². The van der Waals surface area contributed by atoms with Crippen LogP contribution in [0.2, 0.25) is 0 Å². The predicted octanol–water partition coefficient (Wildman–Crippen LogP) is 2.67. The summed E-state index contributed by atoms with van der Waals surface area (Å²) in [6.45, 7) is 4.12. The zero-order chi connectivity index (χ0) is 19.2. The predicted molar refractivity (Wildman–Crippen MR) is 98.4 cm³/mol. The van der Waals surface area contributed by atoms with Crippen molar-refractivity contribution in [3.63, 3.8) is 0 Å². The molecule has 0 heterocycles. The molecule has 0 saturated heterocycles. The molecule has 0 aliphatic carbocycles. The largest absolute Gasteiger partial charge is 0.457 e. The van der Waals surface area contributed by atoms with Crippen LogP contribution in [0.3, 0.4) is 0 Å². The molecule has 0 aromatic heterocycles. The molecule has 2 aromatic rings. The van der Waals surface area contributed by atoms with Crippen LogP contribution in [0.5, 0.6) is 0 Å². The van der Waals surface area contributed by atoms with E-state index < -0.39 is 16.0 Å². The number of ether oxygens (including phenoxy) is 2. The van der Waals surface area contributed by atoms with Gasteiger partial charge in [-0.1, -0.05) is 29.8 Å². The molecule has 0 bridgehead atoms. The summed E-state index contributed by atoms with van der Waals surface area (Å²) in [7, 11) is -2.16. The number of benzene rings is 2. The Kier molecular flexibility index (Phi) is 6.90. The number of esters is 1. The van der Waals surface area contributed by atoms with E-state index in [-0.39, 0.29) is 24.2 Å². The molecule has 0 fully saturated rings. The third-order valence-corrected chi connectivity index (χ3v) is 5.27. The van der Waals surface area contributed by atoms with Crippen LogP contribution in [-0.4, -0.2) is 34.1 Å². The minimum atomic E-state index is -3.67. The van der Waals surface area contributed by atoms with E-state index in [1.54, 1.807) is 6.92 Å². The number of hydrogen-bond acceptors (Lipinski definition) is 5. The second-order valence-electron chi connectivity index (χ2n) is 6.06. The molecule has 0 unspecified atom stereocenters. The van der Waals surface area contributed by atoms with Crippen molar-refractivity contribution in [1.82, 2.24) is 4.72 Å². The first-order valence-electron chi connectivity index (χ1n) is 8.16. The van der Waals surface area contributed by atoms with Gasteiger partial charge in [0.1, 0.15) is 6.61 Å². The van der Waals surface area contributed by atoms with Gasteiger partial charge in [-0.3, -0.25) is 0 Å². The molecule has 2 aromatic carbocycles. The molecule has 1 N–H and O–H groups in total. The van der Waals surface area contributed by atoms with E-state index in [0.717, 1.165) is 11.1 Å². The molecule has 0 aliphatic rings. The minimum Gasteiger partial charge on any atom is -0.457 e. The molecule has 0 radical (unpaired) electrons. The van der Waals surface area contributed by atoms with Gasteiger partial charge >= 0.3 is 5.97 Å². The molecular weight excluding hydrogens is 354 g/mol. The van der Waals surface area contributed by atoms with Crippen molar-refractivity contribution < 1.29 is 22.7 Å². The maximum Gasteiger partial charge on any atom is 0.338 e. The summed E-state index contributed by atoms with van der Waals surface area (Å²) in [6, 6.07) is 13.0. The van der Waals surface area contributed by atoms with E-state index in [0.29, 0.717) is 5.56 Å². The monoisotopic (exact) mass is 377 g/mol. The van der Waals surface area contributed by atoms with Crippen LogP contribution in [0.4, 0.5) is 0 Å². The van der Waals surface area contributed by atoms with Crippen molar-refractivity contribution in [2.45, 2.75) is 31.4 Å². The molecule has 7 heteroatoms. The van der Waals surface area contributed by atoms with Gasteiger partial charge in [0.2, 0.25) is 10.0 Å². The van der Waals surface area contributed by atoms with Crippen molar-refractivity contribution in [1.29, 1.82) is 0 Å². The minimum absolute atomic E-state index is 0.0792.